The summed E-state index contributed by atoms with van der Waals surface area (Å²) < 4.78 is 12.3. The normalized spacial score (nSPS) is 10.4. The van der Waals surface area contributed by atoms with Crippen LogP contribution in [0.3, 0.4) is 0 Å². The molecule has 0 aliphatic rings. The second-order valence-corrected chi connectivity index (χ2v) is 6.58. The Bertz CT molecular complexity index is 649. The minimum atomic E-state index is -0.412. The first-order chi connectivity index (χ1) is 10.5. The van der Waals surface area contributed by atoms with E-state index in [9.17, 15) is 4.79 Å². The van der Waals surface area contributed by atoms with E-state index in [1.54, 1.807) is 19.1 Å². The lowest BCUT2D eigenvalue weighted by atomic mass is 10.2. The third-order valence-corrected chi connectivity index (χ3v) is 4.20. The Labute approximate surface area is 150 Å². The number of hydrogen-bond acceptors (Lipinski definition) is 3. The van der Waals surface area contributed by atoms with Crippen LogP contribution >= 0.6 is 43.5 Å². The molecule has 0 radical (unpaired) electrons. The smallest absolute Gasteiger partial charge is 0.338 e. The van der Waals surface area contributed by atoms with E-state index in [2.05, 4.69) is 31.9 Å². The van der Waals surface area contributed by atoms with Crippen LogP contribution in [0.5, 0.6) is 5.75 Å². The van der Waals surface area contributed by atoms with Gasteiger partial charge in [-0.3, -0.25) is 0 Å². The van der Waals surface area contributed by atoms with E-state index in [4.69, 9.17) is 21.1 Å². The van der Waals surface area contributed by atoms with Crippen molar-refractivity contribution < 1.29 is 14.3 Å². The topological polar surface area (TPSA) is 35.5 Å². The van der Waals surface area contributed by atoms with Gasteiger partial charge in [0, 0.05) is 4.47 Å². The highest BCUT2D eigenvalue weighted by molar-refractivity contribution is 9.10. The minimum Gasteiger partial charge on any atom is -0.486 e. The summed E-state index contributed by atoms with van der Waals surface area (Å²) in [5.41, 5.74) is 1.40. The molecule has 0 N–H and O–H groups in total. The van der Waals surface area contributed by atoms with Crippen LogP contribution in [0.4, 0.5) is 0 Å². The van der Waals surface area contributed by atoms with Crippen molar-refractivity contribution in [1.82, 2.24) is 0 Å². The molecule has 0 bridgehead atoms. The fourth-order valence-electron chi connectivity index (χ4n) is 1.77. The van der Waals surface area contributed by atoms with Gasteiger partial charge in [0.05, 0.1) is 21.7 Å². The van der Waals surface area contributed by atoms with Gasteiger partial charge >= 0.3 is 5.97 Å². The third kappa shape index (κ3) is 4.48. The summed E-state index contributed by atoms with van der Waals surface area (Å²) in [6, 6.07) is 11.0. The van der Waals surface area contributed by atoms with Crippen LogP contribution in [-0.2, 0) is 11.3 Å². The molecule has 0 aliphatic heterocycles. The molecule has 3 nitrogen and oxygen atoms in total. The van der Waals surface area contributed by atoms with Crippen molar-refractivity contribution in [2.45, 2.75) is 13.5 Å². The van der Waals surface area contributed by atoms with Gasteiger partial charge in [-0.2, -0.15) is 0 Å². The number of esters is 1. The maximum Gasteiger partial charge on any atom is 0.338 e. The summed E-state index contributed by atoms with van der Waals surface area (Å²) >= 11 is 13.0. The van der Waals surface area contributed by atoms with Crippen molar-refractivity contribution in [2.24, 2.45) is 0 Å². The van der Waals surface area contributed by atoms with Gasteiger partial charge in [-0.1, -0.05) is 39.7 Å². The maximum absolute atomic E-state index is 11.7. The molecular weight excluding hydrogens is 435 g/mol. The van der Waals surface area contributed by atoms with Gasteiger partial charge in [0.1, 0.15) is 6.61 Å². The van der Waals surface area contributed by atoms with E-state index in [0.29, 0.717) is 34.0 Å². The molecule has 0 aliphatic carbocycles. The molecule has 2 rings (SSSR count). The highest BCUT2D eigenvalue weighted by Gasteiger charge is 2.14. The summed E-state index contributed by atoms with van der Waals surface area (Å²) in [7, 11) is 0. The summed E-state index contributed by atoms with van der Waals surface area (Å²) in [6.07, 6.45) is 0. The Kier molecular flexibility index (Phi) is 6.29. The zero-order chi connectivity index (χ0) is 16.1. The van der Waals surface area contributed by atoms with Crippen LogP contribution in [0, 0.1) is 0 Å². The predicted octanol–water partition coefficient (Wildman–Crippen LogP) is 5.62. The van der Waals surface area contributed by atoms with Crippen LogP contribution in [0.25, 0.3) is 0 Å². The van der Waals surface area contributed by atoms with Gasteiger partial charge in [-0.25, -0.2) is 4.79 Å². The largest absolute Gasteiger partial charge is 0.486 e. The molecule has 6 heteroatoms. The molecule has 0 aromatic heterocycles. The number of hydrogen-bond donors (Lipinski definition) is 0. The summed E-state index contributed by atoms with van der Waals surface area (Å²) in [5.74, 6) is 0.0854. The second kappa shape index (κ2) is 7.99. The highest BCUT2D eigenvalue weighted by atomic mass is 79.9. The number of benzene rings is 2. The summed E-state index contributed by atoms with van der Waals surface area (Å²) in [6.45, 7) is 2.45. The fraction of sp³-hybridized carbons (Fsp3) is 0.188. The Morgan fingerprint density at radius 1 is 1.18 bits per heavy atom. The molecule has 2 aromatic carbocycles. The average molecular weight is 449 g/mol. The first-order valence-corrected chi connectivity index (χ1v) is 8.51. The lowest BCUT2D eigenvalue weighted by Gasteiger charge is -2.12. The Balaban J connectivity index is 2.14. The zero-order valence-corrected chi connectivity index (χ0v) is 15.7. The standard InChI is InChI=1S/C16H13Br2ClO3/c1-2-21-16(20)11-7-13(18)15(14(19)8-11)22-9-10-3-5-12(17)6-4-10/h3-8H,2,9H2,1H3. The van der Waals surface area contributed by atoms with E-state index >= 15 is 0 Å². The lowest BCUT2D eigenvalue weighted by molar-refractivity contribution is 0.0526. The Hall–Kier alpha value is -1.04. The van der Waals surface area contributed by atoms with Gasteiger partial charge in [0.15, 0.2) is 5.75 Å². The first-order valence-electron chi connectivity index (χ1n) is 6.54. The zero-order valence-electron chi connectivity index (χ0n) is 11.7. The molecule has 0 fully saturated rings. The quantitative estimate of drug-likeness (QED) is 0.557. The maximum atomic E-state index is 11.7. The molecule has 2 aromatic rings. The number of halogens is 3. The third-order valence-electron chi connectivity index (χ3n) is 2.81. The molecule has 0 atom stereocenters. The van der Waals surface area contributed by atoms with Gasteiger partial charge in [0.25, 0.3) is 0 Å². The van der Waals surface area contributed by atoms with Crippen molar-refractivity contribution in [3.05, 3.63) is 61.5 Å². The van der Waals surface area contributed by atoms with Crippen LogP contribution < -0.4 is 4.74 Å². The molecule has 0 saturated carbocycles. The Morgan fingerprint density at radius 2 is 1.86 bits per heavy atom. The van der Waals surface area contributed by atoms with E-state index < -0.39 is 5.97 Å². The molecule has 116 valence electrons. The van der Waals surface area contributed by atoms with Crippen LogP contribution in [0.15, 0.2) is 45.3 Å². The van der Waals surface area contributed by atoms with E-state index in [1.165, 1.54) is 0 Å². The number of carbonyl (C=O) groups excluding carboxylic acids is 1. The highest BCUT2D eigenvalue weighted by Crippen LogP contribution is 2.35. The number of carbonyl (C=O) groups is 1. The van der Waals surface area contributed by atoms with Crippen molar-refractivity contribution in [1.29, 1.82) is 0 Å². The second-order valence-electron chi connectivity index (χ2n) is 4.40. The monoisotopic (exact) mass is 446 g/mol. The summed E-state index contributed by atoms with van der Waals surface area (Å²) in [4.78, 5) is 11.7. The van der Waals surface area contributed by atoms with Crippen molar-refractivity contribution in [2.75, 3.05) is 6.61 Å². The Morgan fingerprint density at radius 3 is 2.45 bits per heavy atom. The van der Waals surface area contributed by atoms with Crippen LogP contribution in [-0.4, -0.2) is 12.6 Å². The fourth-order valence-corrected chi connectivity index (χ4v) is 2.99. The van der Waals surface area contributed by atoms with Gasteiger partial charge in [0.2, 0.25) is 0 Å². The molecular formula is C16H13Br2ClO3. The molecule has 22 heavy (non-hydrogen) atoms. The van der Waals surface area contributed by atoms with E-state index in [1.807, 2.05) is 24.3 Å². The van der Waals surface area contributed by atoms with Crippen molar-refractivity contribution >= 4 is 49.4 Å². The number of ether oxygens (including phenoxy) is 2. The molecule has 0 amide bonds. The van der Waals surface area contributed by atoms with Crippen molar-refractivity contribution in [3.63, 3.8) is 0 Å². The minimum absolute atomic E-state index is 0.315. The first kappa shape index (κ1) is 17.3. The van der Waals surface area contributed by atoms with Gasteiger partial charge < -0.3 is 9.47 Å². The van der Waals surface area contributed by atoms with Crippen LogP contribution in [0.1, 0.15) is 22.8 Å². The van der Waals surface area contributed by atoms with Gasteiger partial charge in [-0.05, 0) is 52.7 Å². The SMILES string of the molecule is CCOC(=O)c1cc(Cl)c(OCc2ccc(Br)cc2)c(Br)c1. The van der Waals surface area contributed by atoms with E-state index in [0.717, 1.165) is 10.0 Å². The van der Waals surface area contributed by atoms with Crippen LogP contribution in [0.2, 0.25) is 5.02 Å². The van der Waals surface area contributed by atoms with Gasteiger partial charge in [-0.15, -0.1) is 0 Å². The molecule has 0 heterocycles. The number of rotatable bonds is 5. The molecule has 0 unspecified atom stereocenters. The predicted molar refractivity (Wildman–Crippen MR) is 93.6 cm³/mol. The summed E-state index contributed by atoms with van der Waals surface area (Å²) in [5, 5.41) is 0.356. The van der Waals surface area contributed by atoms with E-state index in [-0.39, 0.29) is 0 Å². The van der Waals surface area contributed by atoms with Crippen molar-refractivity contribution in [3.8, 4) is 5.75 Å². The molecule has 0 spiro atoms. The molecule has 0 saturated heterocycles. The average Bonchev–Trinajstić information content (AvgIpc) is 2.48. The lowest BCUT2D eigenvalue weighted by Crippen LogP contribution is -2.05.